The van der Waals surface area contributed by atoms with Crippen LogP contribution in [0.4, 0.5) is 8.78 Å². The number of methoxy groups -OCH3 is 1. The van der Waals surface area contributed by atoms with E-state index in [1.165, 1.54) is 14.0 Å². The molecule has 0 unspecified atom stereocenters. The average Bonchev–Trinajstić information content (AvgIpc) is 2.28. The van der Waals surface area contributed by atoms with Crippen LogP contribution in [0.3, 0.4) is 0 Å². The Morgan fingerprint density at radius 2 is 1.94 bits per heavy atom. The maximum atomic E-state index is 13.7. The fourth-order valence-electron chi connectivity index (χ4n) is 1.56. The third kappa shape index (κ3) is 2.52. The van der Waals surface area contributed by atoms with Crippen molar-refractivity contribution < 1.29 is 13.5 Å². The second kappa shape index (κ2) is 4.81. The molecule has 16 heavy (non-hydrogen) atoms. The average molecular weight is 228 g/mol. The molecule has 0 N–H and O–H groups in total. The summed E-state index contributed by atoms with van der Waals surface area (Å²) < 4.78 is 32.4. The molecule has 1 aromatic carbocycles. The van der Waals surface area contributed by atoms with Crippen molar-refractivity contribution in [1.29, 1.82) is 0 Å². The smallest absolute Gasteiger partial charge is 0.276 e. The molecule has 0 bridgehead atoms. The molecule has 1 nitrogen and oxygen atoms in total. The number of ether oxygens (including phenoxy) is 1. The second-order valence-corrected chi connectivity index (χ2v) is 4.17. The molecule has 0 heterocycles. The standard InChI is InChI=1S/C13H18F2O/c1-5-13(14,15)11-8-10(9(2)3)6-7-12(11)16-4/h6-9H,5H2,1-4H3. The zero-order chi connectivity index (χ0) is 12.3. The molecule has 90 valence electrons. The third-order valence-electron chi connectivity index (χ3n) is 2.73. The van der Waals surface area contributed by atoms with Gasteiger partial charge in [0.2, 0.25) is 0 Å². The van der Waals surface area contributed by atoms with Crippen molar-refractivity contribution in [2.45, 2.75) is 39.0 Å². The fourth-order valence-corrected chi connectivity index (χ4v) is 1.56. The molecule has 0 saturated carbocycles. The number of alkyl halides is 2. The molecule has 0 aromatic heterocycles. The highest BCUT2D eigenvalue weighted by Gasteiger charge is 2.32. The first-order valence-corrected chi connectivity index (χ1v) is 5.48. The van der Waals surface area contributed by atoms with Gasteiger partial charge in [0.05, 0.1) is 12.7 Å². The first kappa shape index (κ1) is 12.9. The van der Waals surface area contributed by atoms with Gasteiger partial charge < -0.3 is 4.74 Å². The lowest BCUT2D eigenvalue weighted by Gasteiger charge is -2.19. The molecular formula is C13H18F2O. The Kier molecular flexibility index (Phi) is 3.89. The van der Waals surface area contributed by atoms with E-state index >= 15 is 0 Å². The van der Waals surface area contributed by atoms with Gasteiger partial charge in [-0.25, -0.2) is 8.78 Å². The lowest BCUT2D eigenvalue weighted by molar-refractivity contribution is -0.0105. The van der Waals surface area contributed by atoms with Gasteiger partial charge in [0.1, 0.15) is 5.75 Å². The molecule has 0 aliphatic rings. The number of halogens is 2. The Bertz CT molecular complexity index is 359. The van der Waals surface area contributed by atoms with Gasteiger partial charge in [0.25, 0.3) is 5.92 Å². The Morgan fingerprint density at radius 1 is 1.31 bits per heavy atom. The van der Waals surface area contributed by atoms with Crippen LogP contribution in [0.5, 0.6) is 5.75 Å². The predicted octanol–water partition coefficient (Wildman–Crippen LogP) is 4.32. The quantitative estimate of drug-likeness (QED) is 0.745. The highest BCUT2D eigenvalue weighted by Crippen LogP contribution is 2.38. The summed E-state index contributed by atoms with van der Waals surface area (Å²) in [4.78, 5) is 0. The molecule has 1 rings (SSSR count). The van der Waals surface area contributed by atoms with E-state index in [2.05, 4.69) is 0 Å². The zero-order valence-electron chi connectivity index (χ0n) is 10.2. The van der Waals surface area contributed by atoms with E-state index in [0.29, 0.717) is 0 Å². The minimum Gasteiger partial charge on any atom is -0.496 e. The molecular weight excluding hydrogens is 210 g/mol. The summed E-state index contributed by atoms with van der Waals surface area (Å²) in [5, 5.41) is 0. The van der Waals surface area contributed by atoms with Crippen molar-refractivity contribution in [2.75, 3.05) is 7.11 Å². The second-order valence-electron chi connectivity index (χ2n) is 4.17. The predicted molar refractivity (Wildman–Crippen MR) is 61.3 cm³/mol. The van der Waals surface area contributed by atoms with E-state index in [9.17, 15) is 8.78 Å². The fraction of sp³-hybridized carbons (Fsp3) is 0.538. The number of benzene rings is 1. The molecule has 0 aliphatic carbocycles. The first-order chi connectivity index (χ1) is 7.42. The molecule has 0 radical (unpaired) electrons. The van der Waals surface area contributed by atoms with Crippen molar-refractivity contribution in [2.24, 2.45) is 0 Å². The van der Waals surface area contributed by atoms with Crippen molar-refractivity contribution >= 4 is 0 Å². The Morgan fingerprint density at radius 3 is 2.38 bits per heavy atom. The van der Waals surface area contributed by atoms with E-state index in [4.69, 9.17) is 4.74 Å². The summed E-state index contributed by atoms with van der Waals surface area (Å²) in [6, 6.07) is 5.00. The van der Waals surface area contributed by atoms with Crippen molar-refractivity contribution in [3.63, 3.8) is 0 Å². The van der Waals surface area contributed by atoms with Crippen LogP contribution < -0.4 is 4.74 Å². The van der Waals surface area contributed by atoms with Gasteiger partial charge in [-0.05, 0) is 23.6 Å². The summed E-state index contributed by atoms with van der Waals surface area (Å²) >= 11 is 0. The molecule has 0 saturated heterocycles. The summed E-state index contributed by atoms with van der Waals surface area (Å²) in [6.07, 6.45) is -0.217. The van der Waals surface area contributed by atoms with Crippen LogP contribution in [-0.4, -0.2) is 7.11 Å². The summed E-state index contributed by atoms with van der Waals surface area (Å²) in [7, 11) is 1.42. The van der Waals surface area contributed by atoms with Gasteiger partial charge in [-0.1, -0.05) is 26.8 Å². The minimum absolute atomic E-state index is 0.0105. The van der Waals surface area contributed by atoms with Gasteiger partial charge in [0.15, 0.2) is 0 Å². The van der Waals surface area contributed by atoms with Crippen LogP contribution in [0, 0.1) is 0 Å². The van der Waals surface area contributed by atoms with E-state index in [1.807, 2.05) is 19.9 Å². The summed E-state index contributed by atoms with van der Waals surface area (Å²) in [6.45, 7) is 5.44. The largest absolute Gasteiger partial charge is 0.496 e. The van der Waals surface area contributed by atoms with Crippen molar-refractivity contribution in [3.8, 4) is 5.75 Å². The van der Waals surface area contributed by atoms with E-state index in [-0.39, 0.29) is 23.7 Å². The maximum Gasteiger partial charge on any atom is 0.276 e. The normalized spacial score (nSPS) is 11.9. The lowest BCUT2D eigenvalue weighted by Crippen LogP contribution is -2.13. The van der Waals surface area contributed by atoms with Crippen LogP contribution in [-0.2, 0) is 5.92 Å². The number of hydrogen-bond donors (Lipinski definition) is 0. The van der Waals surface area contributed by atoms with E-state index < -0.39 is 5.92 Å². The van der Waals surface area contributed by atoms with Gasteiger partial charge in [-0.2, -0.15) is 0 Å². The van der Waals surface area contributed by atoms with Crippen LogP contribution in [0.15, 0.2) is 18.2 Å². The highest BCUT2D eigenvalue weighted by atomic mass is 19.3. The SMILES string of the molecule is CCC(F)(F)c1cc(C(C)C)ccc1OC. The van der Waals surface area contributed by atoms with Gasteiger partial charge >= 0.3 is 0 Å². The first-order valence-electron chi connectivity index (χ1n) is 5.48. The van der Waals surface area contributed by atoms with E-state index in [0.717, 1.165) is 5.56 Å². The number of rotatable bonds is 4. The Balaban J connectivity index is 3.27. The van der Waals surface area contributed by atoms with Gasteiger partial charge in [-0.3, -0.25) is 0 Å². The van der Waals surface area contributed by atoms with Crippen LogP contribution in [0.1, 0.15) is 44.2 Å². The van der Waals surface area contributed by atoms with Crippen LogP contribution >= 0.6 is 0 Å². The molecule has 0 fully saturated rings. The van der Waals surface area contributed by atoms with E-state index in [1.54, 1.807) is 12.1 Å². The molecule has 0 atom stereocenters. The van der Waals surface area contributed by atoms with Gasteiger partial charge in [-0.15, -0.1) is 0 Å². The third-order valence-corrected chi connectivity index (χ3v) is 2.73. The summed E-state index contributed by atoms with van der Waals surface area (Å²) in [5.74, 6) is -2.33. The Labute approximate surface area is 95.4 Å². The van der Waals surface area contributed by atoms with Crippen LogP contribution in [0.2, 0.25) is 0 Å². The molecule has 0 amide bonds. The van der Waals surface area contributed by atoms with Gasteiger partial charge in [0, 0.05) is 6.42 Å². The van der Waals surface area contributed by atoms with Crippen LogP contribution in [0.25, 0.3) is 0 Å². The maximum absolute atomic E-state index is 13.7. The molecule has 0 spiro atoms. The Hall–Kier alpha value is -1.12. The monoisotopic (exact) mass is 228 g/mol. The highest BCUT2D eigenvalue weighted by molar-refractivity contribution is 5.41. The molecule has 0 aliphatic heterocycles. The molecule has 1 aromatic rings. The van der Waals surface area contributed by atoms with Crippen molar-refractivity contribution in [3.05, 3.63) is 29.3 Å². The topological polar surface area (TPSA) is 9.23 Å². The zero-order valence-corrected chi connectivity index (χ0v) is 10.2. The minimum atomic E-state index is -2.82. The molecule has 3 heteroatoms. The number of hydrogen-bond acceptors (Lipinski definition) is 1. The summed E-state index contributed by atoms with van der Waals surface area (Å²) in [5.41, 5.74) is 0.896. The lowest BCUT2D eigenvalue weighted by atomic mass is 9.96. The van der Waals surface area contributed by atoms with Crippen molar-refractivity contribution in [1.82, 2.24) is 0 Å².